The van der Waals surface area contributed by atoms with Crippen molar-refractivity contribution < 1.29 is 9.47 Å². The van der Waals surface area contributed by atoms with Crippen LogP contribution in [0.2, 0.25) is 0 Å². The fourth-order valence-electron chi connectivity index (χ4n) is 1.94. The lowest BCUT2D eigenvalue weighted by Gasteiger charge is -2.20. The highest BCUT2D eigenvalue weighted by atomic mass is 79.9. The molecule has 0 aliphatic heterocycles. The summed E-state index contributed by atoms with van der Waals surface area (Å²) in [5.74, 6) is 1.47. The molecule has 2 N–H and O–H groups in total. The lowest BCUT2D eigenvalue weighted by atomic mass is 10.1. The molecule has 112 valence electrons. The van der Waals surface area contributed by atoms with E-state index in [1.807, 2.05) is 24.3 Å². The van der Waals surface area contributed by atoms with Crippen LogP contribution in [0.4, 0.5) is 0 Å². The summed E-state index contributed by atoms with van der Waals surface area (Å²) >= 11 is 6.96. The molecule has 0 bridgehead atoms. The molecule has 2 aromatic carbocycles. The average Bonchev–Trinajstić information content (AvgIpc) is 2.48. The molecule has 0 aromatic heterocycles. The maximum absolute atomic E-state index is 6.04. The molecule has 0 saturated heterocycles. The molecule has 0 spiro atoms. The van der Waals surface area contributed by atoms with Gasteiger partial charge in [0.05, 0.1) is 16.1 Å². The third-order valence-corrected chi connectivity index (χ3v) is 4.38. The Bertz CT molecular complexity index is 614. The van der Waals surface area contributed by atoms with Crippen molar-refractivity contribution in [1.82, 2.24) is 0 Å². The third kappa shape index (κ3) is 3.99. The fraction of sp³-hybridized carbons (Fsp3) is 0.250. The van der Waals surface area contributed by atoms with Gasteiger partial charge in [-0.25, -0.2) is 0 Å². The summed E-state index contributed by atoms with van der Waals surface area (Å²) in [7, 11) is 1.63. The highest BCUT2D eigenvalue weighted by Crippen LogP contribution is 2.37. The Morgan fingerprint density at radius 1 is 1.05 bits per heavy atom. The average molecular weight is 415 g/mol. The first-order valence-corrected chi connectivity index (χ1v) is 8.10. The molecule has 21 heavy (non-hydrogen) atoms. The van der Waals surface area contributed by atoms with E-state index in [0.29, 0.717) is 6.54 Å². The number of nitrogens with two attached hydrogens (primary N) is 1. The Hall–Kier alpha value is -1.04. The molecule has 0 radical (unpaired) electrons. The van der Waals surface area contributed by atoms with Crippen LogP contribution < -0.4 is 15.2 Å². The molecule has 0 heterocycles. The lowest BCUT2D eigenvalue weighted by Crippen LogP contribution is -2.18. The van der Waals surface area contributed by atoms with Gasteiger partial charge in [0.1, 0.15) is 17.6 Å². The minimum Gasteiger partial charge on any atom is -0.496 e. The van der Waals surface area contributed by atoms with Crippen LogP contribution in [0, 0.1) is 6.92 Å². The molecule has 0 amide bonds. The molecule has 1 unspecified atom stereocenters. The Balaban J connectivity index is 2.26. The summed E-state index contributed by atoms with van der Waals surface area (Å²) in [5, 5.41) is 0. The van der Waals surface area contributed by atoms with Gasteiger partial charge in [-0.3, -0.25) is 0 Å². The number of rotatable bonds is 5. The zero-order chi connectivity index (χ0) is 15.4. The van der Waals surface area contributed by atoms with E-state index >= 15 is 0 Å². The van der Waals surface area contributed by atoms with Crippen LogP contribution in [0.1, 0.15) is 17.2 Å². The van der Waals surface area contributed by atoms with E-state index < -0.39 is 0 Å². The zero-order valence-electron chi connectivity index (χ0n) is 11.9. The Morgan fingerprint density at radius 2 is 1.62 bits per heavy atom. The highest BCUT2D eigenvalue weighted by Gasteiger charge is 2.15. The molecule has 0 fully saturated rings. The minimum absolute atomic E-state index is 0.192. The first-order chi connectivity index (χ1) is 10.0. The number of methoxy groups -OCH3 is 1. The van der Waals surface area contributed by atoms with Crippen molar-refractivity contribution in [3.8, 4) is 11.5 Å². The van der Waals surface area contributed by atoms with Crippen LogP contribution in [0.25, 0.3) is 0 Å². The molecular formula is C16H17Br2NO2. The van der Waals surface area contributed by atoms with Gasteiger partial charge in [-0.15, -0.1) is 0 Å². The second kappa shape index (κ2) is 7.29. The quantitative estimate of drug-likeness (QED) is 0.776. The van der Waals surface area contributed by atoms with Crippen LogP contribution in [0.15, 0.2) is 45.3 Å². The predicted molar refractivity (Wildman–Crippen MR) is 92.0 cm³/mol. The van der Waals surface area contributed by atoms with Crippen molar-refractivity contribution in [2.75, 3.05) is 13.7 Å². The molecule has 2 aromatic rings. The second-order valence-corrected chi connectivity index (χ2v) is 6.38. The predicted octanol–water partition coefficient (Wildman–Crippen LogP) is 4.61. The molecule has 3 nitrogen and oxygen atoms in total. The molecular weight excluding hydrogens is 398 g/mol. The van der Waals surface area contributed by atoms with E-state index in [1.165, 1.54) is 5.56 Å². The van der Waals surface area contributed by atoms with Gasteiger partial charge >= 0.3 is 0 Å². The number of aryl methyl sites for hydroxylation is 1. The van der Waals surface area contributed by atoms with E-state index in [0.717, 1.165) is 26.0 Å². The largest absolute Gasteiger partial charge is 0.496 e. The summed E-state index contributed by atoms with van der Waals surface area (Å²) in [6.07, 6.45) is -0.192. The van der Waals surface area contributed by atoms with Crippen LogP contribution in [-0.2, 0) is 0 Å². The maximum Gasteiger partial charge on any atom is 0.136 e. The van der Waals surface area contributed by atoms with Crippen LogP contribution >= 0.6 is 31.9 Å². The van der Waals surface area contributed by atoms with Gasteiger partial charge in [0, 0.05) is 6.54 Å². The Kier molecular flexibility index (Phi) is 5.67. The van der Waals surface area contributed by atoms with Crippen molar-refractivity contribution in [1.29, 1.82) is 0 Å². The van der Waals surface area contributed by atoms with E-state index in [-0.39, 0.29) is 6.10 Å². The standard InChI is InChI=1S/C16H17Br2NO2/c1-10-3-5-11(6-4-10)16(9-19)21-15-8-12(17)14(20-2)7-13(15)18/h3-8,16H,9,19H2,1-2H3. The molecule has 1 atom stereocenters. The number of hydrogen-bond acceptors (Lipinski definition) is 3. The van der Waals surface area contributed by atoms with E-state index in [2.05, 4.69) is 50.9 Å². The first-order valence-electron chi connectivity index (χ1n) is 6.51. The van der Waals surface area contributed by atoms with E-state index in [1.54, 1.807) is 7.11 Å². The summed E-state index contributed by atoms with van der Waals surface area (Å²) < 4.78 is 13.0. The summed E-state index contributed by atoms with van der Waals surface area (Å²) in [5.41, 5.74) is 8.13. The smallest absolute Gasteiger partial charge is 0.136 e. The molecule has 0 saturated carbocycles. The maximum atomic E-state index is 6.04. The molecule has 0 aliphatic carbocycles. The summed E-state index contributed by atoms with van der Waals surface area (Å²) in [6.45, 7) is 2.46. The van der Waals surface area contributed by atoms with E-state index in [9.17, 15) is 0 Å². The van der Waals surface area contributed by atoms with Gasteiger partial charge in [0.25, 0.3) is 0 Å². The topological polar surface area (TPSA) is 44.5 Å². The number of benzene rings is 2. The van der Waals surface area contributed by atoms with Crippen molar-refractivity contribution in [3.05, 3.63) is 56.5 Å². The van der Waals surface area contributed by atoms with Crippen molar-refractivity contribution >= 4 is 31.9 Å². The summed E-state index contributed by atoms with van der Waals surface area (Å²) in [6, 6.07) is 11.9. The van der Waals surface area contributed by atoms with Crippen molar-refractivity contribution in [2.24, 2.45) is 5.73 Å². The number of halogens is 2. The summed E-state index contributed by atoms with van der Waals surface area (Å²) in [4.78, 5) is 0. The zero-order valence-corrected chi connectivity index (χ0v) is 15.1. The highest BCUT2D eigenvalue weighted by molar-refractivity contribution is 9.11. The molecule has 5 heteroatoms. The third-order valence-electron chi connectivity index (χ3n) is 3.14. The fourth-order valence-corrected chi connectivity index (χ4v) is 2.84. The van der Waals surface area contributed by atoms with Crippen LogP contribution in [0.3, 0.4) is 0 Å². The van der Waals surface area contributed by atoms with Gasteiger partial charge < -0.3 is 15.2 Å². The number of hydrogen-bond donors (Lipinski definition) is 1. The van der Waals surface area contributed by atoms with Gasteiger partial charge in [-0.05, 0) is 56.5 Å². The van der Waals surface area contributed by atoms with Crippen molar-refractivity contribution in [2.45, 2.75) is 13.0 Å². The normalized spacial score (nSPS) is 12.0. The SMILES string of the molecule is COc1cc(Br)c(OC(CN)c2ccc(C)cc2)cc1Br. The minimum atomic E-state index is -0.192. The van der Waals surface area contributed by atoms with Crippen LogP contribution in [-0.4, -0.2) is 13.7 Å². The first kappa shape index (κ1) is 16.3. The van der Waals surface area contributed by atoms with Crippen LogP contribution in [0.5, 0.6) is 11.5 Å². The second-order valence-electron chi connectivity index (χ2n) is 4.67. The van der Waals surface area contributed by atoms with Gasteiger partial charge in [0.2, 0.25) is 0 Å². The van der Waals surface area contributed by atoms with Gasteiger partial charge in [-0.2, -0.15) is 0 Å². The monoisotopic (exact) mass is 413 g/mol. The lowest BCUT2D eigenvalue weighted by molar-refractivity contribution is 0.212. The Labute approximate surface area is 141 Å². The van der Waals surface area contributed by atoms with E-state index in [4.69, 9.17) is 15.2 Å². The van der Waals surface area contributed by atoms with Gasteiger partial charge in [-0.1, -0.05) is 29.8 Å². The molecule has 2 rings (SSSR count). The van der Waals surface area contributed by atoms with Gasteiger partial charge in [0.15, 0.2) is 0 Å². The van der Waals surface area contributed by atoms with Crippen molar-refractivity contribution in [3.63, 3.8) is 0 Å². The number of ether oxygens (including phenoxy) is 2. The molecule has 0 aliphatic rings. The Morgan fingerprint density at radius 3 is 2.19 bits per heavy atom.